The molecule has 0 unspecified atom stereocenters. The van der Waals surface area contributed by atoms with Crippen LogP contribution in [0.5, 0.6) is 5.75 Å². The van der Waals surface area contributed by atoms with Gasteiger partial charge in [-0.3, -0.25) is 9.59 Å². The van der Waals surface area contributed by atoms with Crippen LogP contribution in [0.4, 0.5) is 5.69 Å². The molecule has 8 heteroatoms. The summed E-state index contributed by atoms with van der Waals surface area (Å²) >= 11 is 0. The van der Waals surface area contributed by atoms with E-state index in [1.165, 1.54) is 0 Å². The number of hydrogen-bond donors (Lipinski definition) is 2. The number of aryl methyl sites for hydroxylation is 2. The Kier molecular flexibility index (Phi) is 6.20. The summed E-state index contributed by atoms with van der Waals surface area (Å²) in [5.74, 6) is -0.181. The number of nitrogens with zero attached hydrogens (tertiary/aromatic N) is 4. The summed E-state index contributed by atoms with van der Waals surface area (Å²) in [5, 5.41) is 13.4. The number of rotatable bonds is 4. The van der Waals surface area contributed by atoms with Crippen molar-refractivity contribution in [3.05, 3.63) is 83.3 Å². The summed E-state index contributed by atoms with van der Waals surface area (Å²) in [6.45, 7) is 7.01. The zero-order chi connectivity index (χ0) is 25.4. The molecule has 0 atom stereocenters. The zero-order valence-electron chi connectivity index (χ0n) is 20.7. The monoisotopic (exact) mass is 483 g/mol. The molecule has 2 N–H and O–H groups in total. The Balaban J connectivity index is 1.36. The summed E-state index contributed by atoms with van der Waals surface area (Å²) in [6, 6.07) is 16.3. The molecule has 2 amide bonds. The molecule has 0 radical (unpaired) electrons. The summed E-state index contributed by atoms with van der Waals surface area (Å²) < 4.78 is 1.85. The summed E-state index contributed by atoms with van der Waals surface area (Å²) in [6.07, 6.45) is 1.69. The van der Waals surface area contributed by atoms with Crippen LogP contribution in [0.1, 0.15) is 32.1 Å². The third-order valence-corrected chi connectivity index (χ3v) is 6.67. The molecule has 1 aliphatic heterocycles. The second kappa shape index (κ2) is 9.47. The largest absolute Gasteiger partial charge is 0.507 e. The van der Waals surface area contributed by atoms with Crippen LogP contribution >= 0.6 is 0 Å². The van der Waals surface area contributed by atoms with Gasteiger partial charge in [-0.15, -0.1) is 0 Å². The number of carbonyl (C=O) groups is 2. The fourth-order valence-electron chi connectivity index (χ4n) is 4.47. The van der Waals surface area contributed by atoms with Gasteiger partial charge in [0.2, 0.25) is 0 Å². The minimum Gasteiger partial charge on any atom is -0.507 e. The highest BCUT2D eigenvalue weighted by Gasteiger charge is 2.21. The number of fused-ring (bicyclic) bond motifs is 1. The normalized spacial score (nSPS) is 14.2. The first-order valence-corrected chi connectivity index (χ1v) is 12.0. The highest BCUT2D eigenvalue weighted by atomic mass is 16.3. The highest BCUT2D eigenvalue weighted by molar-refractivity contribution is 6.04. The van der Waals surface area contributed by atoms with Crippen LogP contribution in [0.3, 0.4) is 0 Å². The van der Waals surface area contributed by atoms with Gasteiger partial charge in [0.25, 0.3) is 11.8 Å². The lowest BCUT2D eigenvalue weighted by atomic mass is 10.0. The number of carbonyl (C=O) groups excluding carboxylic acids is 2. The predicted octanol–water partition coefficient (Wildman–Crippen LogP) is 3.96. The van der Waals surface area contributed by atoms with Crippen LogP contribution in [-0.2, 0) is 0 Å². The molecule has 3 heterocycles. The SMILES string of the molecule is Cc1ccc(-c2ccc(C)n3cc(C(=O)Nc4ccc(C(=O)N5CCN(C)CC5)cc4)nc23)c(O)c1. The van der Waals surface area contributed by atoms with Crippen molar-refractivity contribution in [2.24, 2.45) is 0 Å². The molecule has 4 aromatic rings. The molecule has 36 heavy (non-hydrogen) atoms. The van der Waals surface area contributed by atoms with E-state index in [1.54, 1.807) is 36.5 Å². The van der Waals surface area contributed by atoms with Crippen molar-refractivity contribution < 1.29 is 14.7 Å². The fourth-order valence-corrected chi connectivity index (χ4v) is 4.47. The number of pyridine rings is 1. The van der Waals surface area contributed by atoms with Crippen molar-refractivity contribution in [1.29, 1.82) is 0 Å². The predicted molar refractivity (Wildman–Crippen MR) is 140 cm³/mol. The van der Waals surface area contributed by atoms with Gasteiger partial charge >= 0.3 is 0 Å². The molecular formula is C28H29N5O3. The number of aromatic hydroxyl groups is 1. The van der Waals surface area contributed by atoms with Crippen molar-refractivity contribution in [2.75, 3.05) is 38.5 Å². The number of hydrogen-bond acceptors (Lipinski definition) is 5. The van der Waals surface area contributed by atoms with E-state index in [1.807, 2.05) is 47.4 Å². The first-order valence-electron chi connectivity index (χ1n) is 12.0. The average Bonchev–Trinajstić information content (AvgIpc) is 3.32. The second-order valence-electron chi connectivity index (χ2n) is 9.36. The van der Waals surface area contributed by atoms with E-state index in [0.29, 0.717) is 35.6 Å². The number of aromatic nitrogens is 2. The number of likely N-dealkylation sites (N-methyl/N-ethyl adjacent to an activating group) is 1. The smallest absolute Gasteiger partial charge is 0.275 e. The van der Waals surface area contributed by atoms with E-state index in [-0.39, 0.29) is 23.3 Å². The van der Waals surface area contributed by atoms with Gasteiger partial charge in [0, 0.05) is 60.4 Å². The average molecular weight is 484 g/mol. The van der Waals surface area contributed by atoms with Crippen LogP contribution in [-0.4, -0.2) is 69.3 Å². The van der Waals surface area contributed by atoms with Crippen LogP contribution in [0.15, 0.2) is 60.8 Å². The summed E-state index contributed by atoms with van der Waals surface area (Å²) in [7, 11) is 2.05. The zero-order valence-corrected chi connectivity index (χ0v) is 20.7. The quantitative estimate of drug-likeness (QED) is 0.459. The molecule has 2 aromatic carbocycles. The molecule has 5 rings (SSSR count). The van der Waals surface area contributed by atoms with Gasteiger partial charge in [-0.2, -0.15) is 0 Å². The maximum absolute atomic E-state index is 13.0. The van der Waals surface area contributed by atoms with Gasteiger partial charge < -0.3 is 24.6 Å². The Morgan fingerprint density at radius 3 is 2.31 bits per heavy atom. The van der Waals surface area contributed by atoms with Crippen molar-refractivity contribution >= 4 is 23.1 Å². The van der Waals surface area contributed by atoms with E-state index in [2.05, 4.69) is 22.2 Å². The number of piperazine rings is 1. The number of amides is 2. The number of phenolic OH excluding ortho intramolecular Hbond substituents is 1. The second-order valence-corrected chi connectivity index (χ2v) is 9.36. The summed E-state index contributed by atoms with van der Waals surface area (Å²) in [5.41, 5.74) is 5.30. The van der Waals surface area contributed by atoms with Crippen molar-refractivity contribution in [3.63, 3.8) is 0 Å². The van der Waals surface area contributed by atoms with Crippen LogP contribution in [0.2, 0.25) is 0 Å². The van der Waals surface area contributed by atoms with Gasteiger partial charge in [0.15, 0.2) is 0 Å². The van der Waals surface area contributed by atoms with Gasteiger partial charge in [-0.25, -0.2) is 4.98 Å². The van der Waals surface area contributed by atoms with E-state index >= 15 is 0 Å². The number of anilines is 1. The first-order chi connectivity index (χ1) is 17.3. The van der Waals surface area contributed by atoms with Crippen molar-refractivity contribution in [1.82, 2.24) is 19.2 Å². The van der Waals surface area contributed by atoms with Crippen LogP contribution in [0, 0.1) is 13.8 Å². The third-order valence-electron chi connectivity index (χ3n) is 6.67. The molecule has 1 aliphatic rings. The highest BCUT2D eigenvalue weighted by Crippen LogP contribution is 2.33. The molecule has 1 saturated heterocycles. The van der Waals surface area contributed by atoms with E-state index in [0.717, 1.165) is 29.9 Å². The fraction of sp³-hybridized carbons (Fsp3) is 0.250. The minimum absolute atomic E-state index is 0.00342. The van der Waals surface area contributed by atoms with Gasteiger partial charge in [0.1, 0.15) is 17.1 Å². The topological polar surface area (TPSA) is 90.2 Å². The third kappa shape index (κ3) is 4.55. The first kappa shape index (κ1) is 23.6. The molecule has 1 fully saturated rings. The Hall–Kier alpha value is -4.17. The van der Waals surface area contributed by atoms with Crippen molar-refractivity contribution in [2.45, 2.75) is 13.8 Å². The van der Waals surface area contributed by atoms with E-state index in [4.69, 9.17) is 0 Å². The minimum atomic E-state index is -0.352. The lowest BCUT2D eigenvalue weighted by molar-refractivity contribution is 0.0664. The van der Waals surface area contributed by atoms with Crippen LogP contribution in [0.25, 0.3) is 16.8 Å². The maximum Gasteiger partial charge on any atom is 0.275 e. The number of benzene rings is 2. The Morgan fingerprint density at radius 2 is 1.61 bits per heavy atom. The summed E-state index contributed by atoms with van der Waals surface area (Å²) in [4.78, 5) is 34.5. The standard InChI is InChI=1S/C28H29N5O3/c1-18-4-10-22(25(34)16-18)23-11-5-19(2)33-17-24(30-26(23)33)27(35)29-21-8-6-20(7-9-21)28(36)32-14-12-31(3)13-15-32/h4-11,16-17,34H,12-15H2,1-3H3,(H,29,35). The molecule has 0 spiro atoms. The van der Waals surface area contributed by atoms with Gasteiger partial charge in [-0.05, 0) is 68.9 Å². The Labute approximate surface area is 209 Å². The number of phenols is 1. The molecule has 0 aliphatic carbocycles. The maximum atomic E-state index is 13.0. The molecule has 0 saturated carbocycles. The van der Waals surface area contributed by atoms with E-state index < -0.39 is 0 Å². The molecule has 184 valence electrons. The van der Waals surface area contributed by atoms with Crippen LogP contribution < -0.4 is 5.32 Å². The molecule has 2 aromatic heterocycles. The lowest BCUT2D eigenvalue weighted by Crippen LogP contribution is -2.47. The molecule has 8 nitrogen and oxygen atoms in total. The van der Waals surface area contributed by atoms with E-state index in [9.17, 15) is 14.7 Å². The number of nitrogens with one attached hydrogen (secondary N) is 1. The Bertz CT molecular complexity index is 1450. The molecular weight excluding hydrogens is 454 g/mol. The lowest BCUT2D eigenvalue weighted by Gasteiger charge is -2.32. The van der Waals surface area contributed by atoms with Gasteiger partial charge in [0.05, 0.1) is 0 Å². The van der Waals surface area contributed by atoms with Crippen molar-refractivity contribution in [3.8, 4) is 16.9 Å². The number of imidazole rings is 1. The van der Waals surface area contributed by atoms with Gasteiger partial charge in [-0.1, -0.05) is 12.1 Å². The Morgan fingerprint density at radius 1 is 0.917 bits per heavy atom. The molecule has 0 bridgehead atoms.